The van der Waals surface area contributed by atoms with Gasteiger partial charge in [-0.1, -0.05) is 0 Å². The number of benzene rings is 1. The third-order valence-electron chi connectivity index (χ3n) is 4.45. The molecule has 1 aliphatic heterocycles. The molecular formula is C18H23FN2O2. The fraction of sp³-hybridized carbons (Fsp3) is 0.500. The molecular weight excluding hydrogens is 295 g/mol. The zero-order valence-electron chi connectivity index (χ0n) is 13.5. The van der Waals surface area contributed by atoms with E-state index in [1.54, 1.807) is 6.07 Å². The van der Waals surface area contributed by atoms with E-state index in [0.29, 0.717) is 18.5 Å². The highest BCUT2D eigenvalue weighted by molar-refractivity contribution is 5.86. The summed E-state index contributed by atoms with van der Waals surface area (Å²) in [5.41, 5.74) is 3.70. The zero-order chi connectivity index (χ0) is 16.2. The topological polar surface area (TPSA) is 45.5 Å². The summed E-state index contributed by atoms with van der Waals surface area (Å²) in [4.78, 5) is 14.0. The zero-order valence-corrected chi connectivity index (χ0v) is 13.5. The van der Waals surface area contributed by atoms with Crippen molar-refractivity contribution in [2.45, 2.75) is 25.7 Å². The highest BCUT2D eigenvalue weighted by Crippen LogP contribution is 2.32. The SMILES string of the molecule is CNCCc1cc(=O)oc2cc3c(cc12)CCCN3CCCF. The number of halogens is 1. The van der Waals surface area contributed by atoms with Gasteiger partial charge in [0.2, 0.25) is 0 Å². The van der Waals surface area contributed by atoms with Crippen LogP contribution in [0.3, 0.4) is 0 Å². The molecule has 0 radical (unpaired) electrons. The Morgan fingerprint density at radius 2 is 2.22 bits per heavy atom. The maximum atomic E-state index is 12.5. The van der Waals surface area contributed by atoms with Crippen LogP contribution >= 0.6 is 0 Å². The van der Waals surface area contributed by atoms with Crippen LogP contribution in [-0.4, -0.2) is 33.4 Å². The van der Waals surface area contributed by atoms with Crippen molar-refractivity contribution in [3.63, 3.8) is 0 Å². The highest BCUT2D eigenvalue weighted by atomic mass is 19.1. The first-order valence-corrected chi connectivity index (χ1v) is 8.28. The van der Waals surface area contributed by atoms with Gasteiger partial charge in [0.05, 0.1) is 6.67 Å². The monoisotopic (exact) mass is 318 g/mol. The predicted molar refractivity (Wildman–Crippen MR) is 91.2 cm³/mol. The van der Waals surface area contributed by atoms with Crippen LogP contribution in [0.25, 0.3) is 11.0 Å². The minimum absolute atomic E-state index is 0.303. The lowest BCUT2D eigenvalue weighted by atomic mass is 9.97. The van der Waals surface area contributed by atoms with Crippen molar-refractivity contribution in [2.24, 2.45) is 0 Å². The van der Waals surface area contributed by atoms with E-state index in [4.69, 9.17) is 4.42 Å². The Morgan fingerprint density at radius 1 is 1.35 bits per heavy atom. The van der Waals surface area contributed by atoms with Gasteiger partial charge in [0, 0.05) is 36.3 Å². The molecule has 2 heterocycles. The average Bonchev–Trinajstić information content (AvgIpc) is 2.56. The van der Waals surface area contributed by atoms with Gasteiger partial charge in [0.15, 0.2) is 0 Å². The van der Waals surface area contributed by atoms with E-state index in [-0.39, 0.29) is 12.3 Å². The smallest absolute Gasteiger partial charge is 0.336 e. The van der Waals surface area contributed by atoms with Gasteiger partial charge >= 0.3 is 5.63 Å². The molecule has 23 heavy (non-hydrogen) atoms. The number of anilines is 1. The fourth-order valence-electron chi connectivity index (χ4n) is 3.33. The van der Waals surface area contributed by atoms with E-state index >= 15 is 0 Å². The van der Waals surface area contributed by atoms with Gasteiger partial charge in [0.1, 0.15) is 5.58 Å². The average molecular weight is 318 g/mol. The van der Waals surface area contributed by atoms with E-state index in [9.17, 15) is 9.18 Å². The normalized spacial score (nSPS) is 14.3. The molecule has 0 spiro atoms. The number of hydrogen-bond donors (Lipinski definition) is 1. The van der Waals surface area contributed by atoms with Crippen molar-refractivity contribution in [3.8, 4) is 0 Å². The van der Waals surface area contributed by atoms with Crippen LogP contribution in [0.15, 0.2) is 27.4 Å². The molecule has 0 amide bonds. The van der Waals surface area contributed by atoms with E-state index in [1.807, 2.05) is 13.1 Å². The van der Waals surface area contributed by atoms with E-state index in [0.717, 1.165) is 49.0 Å². The first-order chi connectivity index (χ1) is 11.2. The Morgan fingerprint density at radius 3 is 3.00 bits per heavy atom. The lowest BCUT2D eigenvalue weighted by molar-refractivity contribution is 0.468. The van der Waals surface area contributed by atoms with Crippen LogP contribution in [0.1, 0.15) is 24.0 Å². The molecule has 3 rings (SSSR count). The Bertz CT molecular complexity index is 742. The molecule has 1 aromatic heterocycles. The van der Waals surface area contributed by atoms with Crippen molar-refractivity contribution < 1.29 is 8.81 Å². The Hall–Kier alpha value is -1.88. The maximum Gasteiger partial charge on any atom is 0.336 e. The van der Waals surface area contributed by atoms with Crippen LogP contribution in [0.4, 0.5) is 10.1 Å². The third-order valence-corrected chi connectivity index (χ3v) is 4.45. The highest BCUT2D eigenvalue weighted by Gasteiger charge is 2.19. The maximum absolute atomic E-state index is 12.5. The van der Waals surface area contributed by atoms with Gasteiger partial charge in [-0.25, -0.2) is 4.79 Å². The molecule has 1 N–H and O–H groups in total. The lowest BCUT2D eigenvalue weighted by Gasteiger charge is -2.31. The van der Waals surface area contributed by atoms with Crippen molar-refractivity contribution in [3.05, 3.63) is 39.7 Å². The van der Waals surface area contributed by atoms with Crippen LogP contribution in [0, 0.1) is 0 Å². The predicted octanol–water partition coefficient (Wildman–Crippen LogP) is 2.67. The number of aryl methyl sites for hydroxylation is 1. The summed E-state index contributed by atoms with van der Waals surface area (Å²) < 4.78 is 17.9. The molecule has 0 fully saturated rings. The summed E-state index contributed by atoms with van der Waals surface area (Å²) in [6.07, 6.45) is 3.42. The fourth-order valence-corrected chi connectivity index (χ4v) is 3.33. The minimum Gasteiger partial charge on any atom is -0.423 e. The summed E-state index contributed by atoms with van der Waals surface area (Å²) in [6, 6.07) is 5.71. The minimum atomic E-state index is -0.310. The van der Waals surface area contributed by atoms with Gasteiger partial charge in [-0.05, 0) is 56.5 Å². The summed E-state index contributed by atoms with van der Waals surface area (Å²) in [5, 5.41) is 4.14. The summed E-state index contributed by atoms with van der Waals surface area (Å²) in [6.45, 7) is 2.15. The standard InChI is InChI=1S/C18H23FN2O2/c1-20-7-5-13-11-18(22)23-17-12-16-14(10-15(13)17)4-2-8-21(16)9-3-6-19/h10-12,20H,2-9H2,1H3. The van der Waals surface area contributed by atoms with Crippen LogP contribution in [-0.2, 0) is 12.8 Å². The molecule has 4 nitrogen and oxygen atoms in total. The van der Waals surface area contributed by atoms with Gasteiger partial charge in [0.25, 0.3) is 0 Å². The molecule has 1 aromatic carbocycles. The van der Waals surface area contributed by atoms with Gasteiger partial charge in [-0.2, -0.15) is 0 Å². The van der Waals surface area contributed by atoms with E-state index < -0.39 is 0 Å². The second-order valence-electron chi connectivity index (χ2n) is 6.05. The third kappa shape index (κ3) is 3.39. The largest absolute Gasteiger partial charge is 0.423 e. The summed E-state index contributed by atoms with van der Waals surface area (Å²) in [5.74, 6) is 0. The first kappa shape index (κ1) is 16.0. The van der Waals surface area contributed by atoms with Crippen molar-refractivity contribution in [1.82, 2.24) is 5.32 Å². The Labute approximate surface area is 135 Å². The molecule has 0 saturated carbocycles. The van der Waals surface area contributed by atoms with Crippen molar-refractivity contribution in [1.29, 1.82) is 0 Å². The van der Waals surface area contributed by atoms with Gasteiger partial charge < -0.3 is 14.6 Å². The second-order valence-corrected chi connectivity index (χ2v) is 6.05. The number of nitrogens with zero attached hydrogens (tertiary/aromatic N) is 1. The molecule has 0 saturated heterocycles. The lowest BCUT2D eigenvalue weighted by Crippen LogP contribution is -2.30. The number of alkyl halides is 1. The van der Waals surface area contributed by atoms with E-state index in [1.165, 1.54) is 5.56 Å². The molecule has 124 valence electrons. The molecule has 0 aliphatic carbocycles. The van der Waals surface area contributed by atoms with Crippen molar-refractivity contribution in [2.75, 3.05) is 38.3 Å². The van der Waals surface area contributed by atoms with Crippen molar-refractivity contribution >= 4 is 16.7 Å². The summed E-state index contributed by atoms with van der Waals surface area (Å²) >= 11 is 0. The number of likely N-dealkylation sites (N-methyl/N-ethyl adjacent to an activating group) is 1. The second kappa shape index (κ2) is 7.13. The number of rotatable bonds is 6. The van der Waals surface area contributed by atoms with Crippen LogP contribution in [0.5, 0.6) is 0 Å². The van der Waals surface area contributed by atoms with E-state index in [2.05, 4.69) is 16.3 Å². The number of nitrogens with one attached hydrogen (secondary N) is 1. The Kier molecular flexibility index (Phi) is 4.96. The Balaban J connectivity index is 2.06. The molecule has 1 aliphatic rings. The summed E-state index contributed by atoms with van der Waals surface area (Å²) in [7, 11) is 1.90. The van der Waals surface area contributed by atoms with Gasteiger partial charge in [-0.3, -0.25) is 4.39 Å². The van der Waals surface area contributed by atoms with Gasteiger partial charge in [-0.15, -0.1) is 0 Å². The first-order valence-electron chi connectivity index (χ1n) is 8.28. The molecule has 0 atom stereocenters. The molecule has 5 heteroatoms. The molecule has 2 aromatic rings. The quantitative estimate of drug-likeness (QED) is 0.832. The van der Waals surface area contributed by atoms with Crippen LogP contribution in [0.2, 0.25) is 0 Å². The number of fused-ring (bicyclic) bond motifs is 2. The number of hydrogen-bond acceptors (Lipinski definition) is 4. The molecule has 0 unspecified atom stereocenters. The van der Waals surface area contributed by atoms with Crippen LogP contribution < -0.4 is 15.8 Å². The molecule has 0 bridgehead atoms.